The summed E-state index contributed by atoms with van der Waals surface area (Å²) in [5, 5.41) is 3.66. The molecule has 0 bridgehead atoms. The third-order valence-corrected chi connectivity index (χ3v) is 4.04. The molecule has 1 aromatic carbocycles. The lowest BCUT2D eigenvalue weighted by Crippen LogP contribution is -2.26. The minimum atomic E-state index is 0.416. The fourth-order valence-corrected chi connectivity index (χ4v) is 3.07. The van der Waals surface area contributed by atoms with E-state index in [1.165, 1.54) is 24.8 Å². The molecule has 2 aliphatic rings. The largest absolute Gasteiger partial charge is 0.305 e. The van der Waals surface area contributed by atoms with Gasteiger partial charge in [-0.2, -0.15) is 0 Å². The lowest BCUT2D eigenvalue weighted by Gasteiger charge is -2.27. The highest BCUT2D eigenvalue weighted by molar-refractivity contribution is 5.31. The summed E-state index contributed by atoms with van der Waals surface area (Å²) in [6.07, 6.45) is 4.11. The highest BCUT2D eigenvalue weighted by Gasteiger charge is 2.56. The third kappa shape index (κ3) is 1.12. The van der Waals surface area contributed by atoms with Gasteiger partial charge in [0.05, 0.1) is 0 Å². The summed E-state index contributed by atoms with van der Waals surface area (Å²) in [7, 11) is 0. The van der Waals surface area contributed by atoms with Crippen molar-refractivity contribution in [2.75, 3.05) is 0 Å². The van der Waals surface area contributed by atoms with Crippen molar-refractivity contribution in [3.63, 3.8) is 0 Å². The van der Waals surface area contributed by atoms with Gasteiger partial charge in [0.1, 0.15) is 0 Å². The summed E-state index contributed by atoms with van der Waals surface area (Å²) in [4.78, 5) is 0. The summed E-state index contributed by atoms with van der Waals surface area (Å²) >= 11 is 0. The van der Waals surface area contributed by atoms with Gasteiger partial charge in [0.2, 0.25) is 0 Å². The second kappa shape index (κ2) is 2.83. The van der Waals surface area contributed by atoms with Crippen LogP contribution in [0.4, 0.5) is 0 Å². The van der Waals surface area contributed by atoms with E-state index in [1.54, 1.807) is 0 Å². The van der Waals surface area contributed by atoms with Gasteiger partial charge in [-0.1, -0.05) is 36.8 Å². The van der Waals surface area contributed by atoms with Crippen molar-refractivity contribution in [2.45, 2.75) is 43.7 Å². The van der Waals surface area contributed by atoms with Crippen molar-refractivity contribution in [3.8, 4) is 0 Å². The van der Waals surface area contributed by atoms with E-state index in [1.807, 2.05) is 0 Å². The maximum atomic E-state index is 3.66. The van der Waals surface area contributed by atoms with E-state index in [-0.39, 0.29) is 0 Å². The van der Waals surface area contributed by atoms with Crippen LogP contribution in [0.2, 0.25) is 0 Å². The molecule has 1 unspecified atom stereocenters. The number of nitrogens with one attached hydrogen (secondary N) is 1. The van der Waals surface area contributed by atoms with Crippen molar-refractivity contribution in [1.29, 1.82) is 0 Å². The second-order valence-corrected chi connectivity index (χ2v) is 4.87. The van der Waals surface area contributed by atoms with Crippen LogP contribution in [-0.4, -0.2) is 11.6 Å². The van der Waals surface area contributed by atoms with Crippen LogP contribution in [0.25, 0.3) is 0 Å². The van der Waals surface area contributed by atoms with E-state index in [9.17, 15) is 0 Å². The molecule has 1 N–H and O–H groups in total. The topological polar surface area (TPSA) is 21.9 Å². The minimum absolute atomic E-state index is 0.416. The molecular formula is C13H17N. The lowest BCUT2D eigenvalue weighted by molar-refractivity contribution is 0.414. The molecule has 1 saturated carbocycles. The van der Waals surface area contributed by atoms with E-state index in [4.69, 9.17) is 0 Å². The summed E-state index contributed by atoms with van der Waals surface area (Å²) in [6.45, 7) is 2.38. The standard InChI is InChI=1S/C13H17N/c1-13-11(8-5-9-12(13)14-13)10-6-3-2-4-7-10/h2-4,6-7,11-12,14H,5,8-9H2,1H3/t11-,12?,13+/m0/s1. The van der Waals surface area contributed by atoms with Gasteiger partial charge in [-0.3, -0.25) is 0 Å². The molecule has 0 aromatic heterocycles. The molecule has 1 aliphatic carbocycles. The smallest absolute Gasteiger partial charge is 0.0378 e. The van der Waals surface area contributed by atoms with E-state index in [2.05, 4.69) is 42.6 Å². The molecule has 1 heteroatoms. The molecule has 0 spiro atoms. The van der Waals surface area contributed by atoms with Crippen LogP contribution < -0.4 is 5.32 Å². The zero-order valence-electron chi connectivity index (χ0n) is 8.66. The molecule has 1 nitrogen and oxygen atoms in total. The summed E-state index contributed by atoms with van der Waals surface area (Å²) < 4.78 is 0. The Hall–Kier alpha value is -0.820. The fourth-order valence-electron chi connectivity index (χ4n) is 3.07. The molecule has 1 aromatic rings. The number of benzene rings is 1. The zero-order valence-corrected chi connectivity index (χ0v) is 8.66. The first-order chi connectivity index (χ1) is 6.81. The quantitative estimate of drug-likeness (QED) is 0.671. The second-order valence-electron chi connectivity index (χ2n) is 4.87. The Morgan fingerprint density at radius 2 is 2.00 bits per heavy atom. The van der Waals surface area contributed by atoms with Crippen LogP contribution in [-0.2, 0) is 0 Å². The van der Waals surface area contributed by atoms with Crippen LogP contribution in [0.1, 0.15) is 37.7 Å². The molecule has 3 atom stereocenters. The van der Waals surface area contributed by atoms with Crippen LogP contribution in [0, 0.1) is 0 Å². The van der Waals surface area contributed by atoms with Gasteiger partial charge in [-0.15, -0.1) is 0 Å². The number of fused-ring (bicyclic) bond motifs is 1. The third-order valence-electron chi connectivity index (χ3n) is 4.04. The lowest BCUT2D eigenvalue weighted by atomic mass is 9.76. The van der Waals surface area contributed by atoms with Crippen molar-refractivity contribution in [3.05, 3.63) is 35.9 Å². The summed E-state index contributed by atoms with van der Waals surface area (Å²) in [6, 6.07) is 11.8. The van der Waals surface area contributed by atoms with Crippen LogP contribution >= 0.6 is 0 Å². The van der Waals surface area contributed by atoms with Crippen LogP contribution in [0.5, 0.6) is 0 Å². The first-order valence-corrected chi connectivity index (χ1v) is 5.63. The zero-order chi connectivity index (χ0) is 9.60. The summed E-state index contributed by atoms with van der Waals surface area (Å²) in [5.74, 6) is 0.738. The van der Waals surface area contributed by atoms with Crippen molar-refractivity contribution in [1.82, 2.24) is 5.32 Å². The normalized spacial score (nSPS) is 40.4. The average Bonchev–Trinajstić information content (AvgIpc) is 2.90. The van der Waals surface area contributed by atoms with Gasteiger partial charge < -0.3 is 5.32 Å². The van der Waals surface area contributed by atoms with Crippen LogP contribution in [0.3, 0.4) is 0 Å². The van der Waals surface area contributed by atoms with Crippen molar-refractivity contribution < 1.29 is 0 Å². The Labute approximate surface area is 85.5 Å². The minimum Gasteiger partial charge on any atom is -0.305 e. The molecule has 2 fully saturated rings. The predicted octanol–water partition coefficient (Wildman–Crippen LogP) is 2.68. The maximum absolute atomic E-state index is 3.66. The Balaban J connectivity index is 1.91. The summed E-state index contributed by atoms with van der Waals surface area (Å²) in [5.41, 5.74) is 1.93. The monoisotopic (exact) mass is 187 g/mol. The van der Waals surface area contributed by atoms with Crippen LogP contribution in [0.15, 0.2) is 30.3 Å². The van der Waals surface area contributed by atoms with Gasteiger partial charge in [0, 0.05) is 17.5 Å². The van der Waals surface area contributed by atoms with Gasteiger partial charge in [-0.05, 0) is 25.3 Å². The average molecular weight is 187 g/mol. The molecule has 0 amide bonds. The highest BCUT2D eigenvalue weighted by atomic mass is 15.2. The SMILES string of the molecule is C[C@]12NC1CCC[C@H]2c1ccccc1. The highest BCUT2D eigenvalue weighted by Crippen LogP contribution is 2.49. The fraction of sp³-hybridized carbons (Fsp3) is 0.538. The number of rotatable bonds is 1. The predicted molar refractivity (Wildman–Crippen MR) is 58.4 cm³/mol. The molecule has 3 rings (SSSR count). The Morgan fingerprint density at radius 1 is 1.21 bits per heavy atom. The van der Waals surface area contributed by atoms with Gasteiger partial charge >= 0.3 is 0 Å². The van der Waals surface area contributed by atoms with Gasteiger partial charge in [0.25, 0.3) is 0 Å². The molecule has 1 heterocycles. The van der Waals surface area contributed by atoms with Crippen molar-refractivity contribution >= 4 is 0 Å². The number of hydrogen-bond donors (Lipinski definition) is 1. The van der Waals surface area contributed by atoms with E-state index in [0.717, 1.165) is 12.0 Å². The van der Waals surface area contributed by atoms with Gasteiger partial charge in [-0.25, -0.2) is 0 Å². The maximum Gasteiger partial charge on any atom is 0.0378 e. The Morgan fingerprint density at radius 3 is 2.79 bits per heavy atom. The van der Waals surface area contributed by atoms with E-state index < -0.39 is 0 Å². The first-order valence-electron chi connectivity index (χ1n) is 5.63. The number of hydrogen-bond acceptors (Lipinski definition) is 1. The Kier molecular flexibility index (Phi) is 1.72. The Bertz CT molecular complexity index is 332. The van der Waals surface area contributed by atoms with Gasteiger partial charge in [0.15, 0.2) is 0 Å². The molecule has 74 valence electrons. The van der Waals surface area contributed by atoms with Crippen molar-refractivity contribution in [2.24, 2.45) is 0 Å². The molecule has 14 heavy (non-hydrogen) atoms. The molecular weight excluding hydrogens is 170 g/mol. The molecule has 0 radical (unpaired) electrons. The molecule has 1 saturated heterocycles. The van der Waals surface area contributed by atoms with E-state index in [0.29, 0.717) is 5.54 Å². The first kappa shape index (κ1) is 8.49. The van der Waals surface area contributed by atoms with E-state index >= 15 is 0 Å². The molecule has 1 aliphatic heterocycles.